The molecule has 0 aliphatic heterocycles. The van der Waals surface area contributed by atoms with Crippen LogP contribution in [0.4, 0.5) is 0 Å². The SMILES string of the molecule is CCc1c(CN)nnn1CCOCCO. The Hall–Kier alpha value is -0.980. The van der Waals surface area contributed by atoms with Crippen molar-refractivity contribution in [1.82, 2.24) is 15.0 Å². The van der Waals surface area contributed by atoms with Gasteiger partial charge in [-0.05, 0) is 6.42 Å². The van der Waals surface area contributed by atoms with Crippen molar-refractivity contribution in [1.29, 1.82) is 0 Å². The molecule has 1 aromatic heterocycles. The number of ether oxygens (including phenoxy) is 1. The molecule has 0 unspecified atom stereocenters. The molecule has 0 bridgehead atoms. The van der Waals surface area contributed by atoms with E-state index in [0.29, 0.717) is 26.3 Å². The number of nitrogens with zero attached hydrogens (tertiary/aromatic N) is 3. The van der Waals surface area contributed by atoms with Crippen LogP contribution < -0.4 is 5.73 Å². The Balaban J connectivity index is 2.49. The smallest absolute Gasteiger partial charge is 0.0994 e. The average molecular weight is 214 g/mol. The largest absolute Gasteiger partial charge is 0.394 e. The topological polar surface area (TPSA) is 86.2 Å². The lowest BCUT2D eigenvalue weighted by Crippen LogP contribution is -2.12. The Morgan fingerprint density at radius 2 is 2.27 bits per heavy atom. The van der Waals surface area contributed by atoms with Crippen molar-refractivity contribution in [2.24, 2.45) is 5.73 Å². The predicted octanol–water partition coefficient (Wildman–Crippen LogP) is -0.692. The second-order valence-corrected chi connectivity index (χ2v) is 3.10. The number of aliphatic hydroxyl groups excluding tert-OH is 1. The van der Waals surface area contributed by atoms with E-state index in [9.17, 15) is 0 Å². The molecule has 0 aliphatic rings. The van der Waals surface area contributed by atoms with Gasteiger partial charge in [-0.2, -0.15) is 0 Å². The van der Waals surface area contributed by atoms with Gasteiger partial charge in [-0.3, -0.25) is 0 Å². The van der Waals surface area contributed by atoms with Gasteiger partial charge in [0.15, 0.2) is 0 Å². The first kappa shape index (κ1) is 12.1. The second kappa shape index (κ2) is 6.49. The van der Waals surface area contributed by atoms with Crippen LogP contribution in [0.5, 0.6) is 0 Å². The maximum absolute atomic E-state index is 8.53. The van der Waals surface area contributed by atoms with Gasteiger partial charge < -0.3 is 15.6 Å². The molecule has 0 aliphatic carbocycles. The highest BCUT2D eigenvalue weighted by Crippen LogP contribution is 2.05. The van der Waals surface area contributed by atoms with Gasteiger partial charge in [0.1, 0.15) is 0 Å². The van der Waals surface area contributed by atoms with Gasteiger partial charge in [-0.1, -0.05) is 12.1 Å². The lowest BCUT2D eigenvalue weighted by atomic mass is 10.2. The Bertz CT molecular complexity index is 288. The highest BCUT2D eigenvalue weighted by molar-refractivity contribution is 5.09. The van der Waals surface area contributed by atoms with Crippen molar-refractivity contribution in [2.75, 3.05) is 19.8 Å². The number of hydrogen-bond acceptors (Lipinski definition) is 5. The highest BCUT2D eigenvalue weighted by atomic mass is 16.5. The predicted molar refractivity (Wildman–Crippen MR) is 55.2 cm³/mol. The zero-order valence-corrected chi connectivity index (χ0v) is 9.02. The zero-order valence-electron chi connectivity index (χ0n) is 9.02. The van der Waals surface area contributed by atoms with Crippen LogP contribution >= 0.6 is 0 Å². The summed E-state index contributed by atoms with van der Waals surface area (Å²) < 4.78 is 6.96. The maximum atomic E-state index is 8.53. The summed E-state index contributed by atoms with van der Waals surface area (Å²) in [6.07, 6.45) is 0.861. The van der Waals surface area contributed by atoms with Crippen LogP contribution in [0.15, 0.2) is 0 Å². The molecule has 86 valence electrons. The van der Waals surface area contributed by atoms with E-state index in [1.807, 2.05) is 6.92 Å². The van der Waals surface area contributed by atoms with Crippen LogP contribution in [0, 0.1) is 0 Å². The first-order chi connectivity index (χ1) is 7.33. The third-order valence-electron chi connectivity index (χ3n) is 2.13. The van der Waals surface area contributed by atoms with E-state index in [0.717, 1.165) is 17.8 Å². The van der Waals surface area contributed by atoms with Crippen molar-refractivity contribution in [3.63, 3.8) is 0 Å². The fourth-order valence-corrected chi connectivity index (χ4v) is 1.41. The number of aromatic nitrogens is 3. The second-order valence-electron chi connectivity index (χ2n) is 3.10. The molecule has 6 nitrogen and oxygen atoms in total. The molecule has 1 heterocycles. The Labute approximate surface area is 89.0 Å². The van der Waals surface area contributed by atoms with Gasteiger partial charge in [0, 0.05) is 6.54 Å². The monoisotopic (exact) mass is 214 g/mol. The molecular formula is C9H18N4O2. The van der Waals surface area contributed by atoms with E-state index < -0.39 is 0 Å². The van der Waals surface area contributed by atoms with Crippen LogP contribution in [-0.4, -0.2) is 39.9 Å². The number of rotatable bonds is 7. The standard InChI is InChI=1S/C9H18N4O2/c1-2-9-8(7-10)11-12-13(9)3-5-15-6-4-14/h14H,2-7,10H2,1H3. The Morgan fingerprint density at radius 3 is 2.87 bits per heavy atom. The molecule has 6 heteroatoms. The molecule has 0 spiro atoms. The van der Waals surface area contributed by atoms with Crippen LogP contribution in [-0.2, 0) is 24.2 Å². The maximum Gasteiger partial charge on any atom is 0.0994 e. The lowest BCUT2D eigenvalue weighted by Gasteiger charge is -2.05. The summed E-state index contributed by atoms with van der Waals surface area (Å²) >= 11 is 0. The fourth-order valence-electron chi connectivity index (χ4n) is 1.41. The summed E-state index contributed by atoms with van der Waals surface area (Å²) in [4.78, 5) is 0. The molecule has 0 saturated heterocycles. The molecule has 15 heavy (non-hydrogen) atoms. The summed E-state index contributed by atoms with van der Waals surface area (Å²) in [6.45, 7) is 4.05. The molecule has 1 rings (SSSR count). The molecular weight excluding hydrogens is 196 g/mol. The van der Waals surface area contributed by atoms with E-state index >= 15 is 0 Å². The summed E-state index contributed by atoms with van der Waals surface area (Å²) in [6, 6.07) is 0. The van der Waals surface area contributed by atoms with Crippen molar-refractivity contribution in [3.8, 4) is 0 Å². The van der Waals surface area contributed by atoms with Crippen molar-refractivity contribution in [3.05, 3.63) is 11.4 Å². The quantitative estimate of drug-likeness (QED) is 0.587. The van der Waals surface area contributed by atoms with Gasteiger partial charge in [0.2, 0.25) is 0 Å². The first-order valence-corrected chi connectivity index (χ1v) is 5.13. The van der Waals surface area contributed by atoms with Gasteiger partial charge in [0.25, 0.3) is 0 Å². The van der Waals surface area contributed by atoms with Crippen molar-refractivity contribution in [2.45, 2.75) is 26.4 Å². The summed E-state index contributed by atoms with van der Waals surface area (Å²) in [5.74, 6) is 0. The number of hydrogen-bond donors (Lipinski definition) is 2. The third-order valence-corrected chi connectivity index (χ3v) is 2.13. The molecule has 0 radical (unpaired) electrons. The van der Waals surface area contributed by atoms with Crippen LogP contribution in [0.2, 0.25) is 0 Å². The molecule has 0 atom stereocenters. The summed E-state index contributed by atoms with van der Waals surface area (Å²) in [7, 11) is 0. The fraction of sp³-hybridized carbons (Fsp3) is 0.778. The van der Waals surface area contributed by atoms with E-state index in [-0.39, 0.29) is 6.61 Å². The minimum Gasteiger partial charge on any atom is -0.394 e. The lowest BCUT2D eigenvalue weighted by molar-refractivity contribution is 0.0847. The normalized spacial score (nSPS) is 10.9. The first-order valence-electron chi connectivity index (χ1n) is 5.13. The van der Waals surface area contributed by atoms with Gasteiger partial charge in [-0.25, -0.2) is 4.68 Å². The Morgan fingerprint density at radius 1 is 1.47 bits per heavy atom. The Kier molecular flexibility index (Phi) is 5.23. The molecule has 3 N–H and O–H groups in total. The van der Waals surface area contributed by atoms with Crippen molar-refractivity contribution >= 4 is 0 Å². The van der Waals surface area contributed by atoms with Crippen LogP contribution in [0.3, 0.4) is 0 Å². The van der Waals surface area contributed by atoms with Gasteiger partial charge in [-0.15, -0.1) is 5.10 Å². The third kappa shape index (κ3) is 3.26. The van der Waals surface area contributed by atoms with E-state index in [1.54, 1.807) is 4.68 Å². The van der Waals surface area contributed by atoms with Crippen molar-refractivity contribution < 1.29 is 9.84 Å². The average Bonchev–Trinajstić information content (AvgIpc) is 2.66. The van der Waals surface area contributed by atoms with E-state index in [4.69, 9.17) is 15.6 Å². The summed E-state index contributed by atoms with van der Waals surface area (Å²) in [5.41, 5.74) is 7.44. The molecule has 1 aromatic rings. The van der Waals surface area contributed by atoms with E-state index in [2.05, 4.69) is 10.3 Å². The molecule has 0 fully saturated rings. The molecule has 0 aromatic carbocycles. The number of aliphatic hydroxyl groups is 1. The van der Waals surface area contributed by atoms with Crippen LogP contribution in [0.1, 0.15) is 18.3 Å². The highest BCUT2D eigenvalue weighted by Gasteiger charge is 2.08. The van der Waals surface area contributed by atoms with Crippen LogP contribution in [0.25, 0.3) is 0 Å². The van der Waals surface area contributed by atoms with Gasteiger partial charge >= 0.3 is 0 Å². The molecule has 0 amide bonds. The van der Waals surface area contributed by atoms with E-state index in [1.165, 1.54) is 0 Å². The minimum absolute atomic E-state index is 0.0477. The van der Waals surface area contributed by atoms with Gasteiger partial charge in [0.05, 0.1) is 37.8 Å². The zero-order chi connectivity index (χ0) is 11.1. The summed E-state index contributed by atoms with van der Waals surface area (Å²) in [5, 5.41) is 16.5. The number of nitrogens with two attached hydrogens (primary N) is 1. The molecule has 0 saturated carbocycles. The minimum atomic E-state index is 0.0477.